The molecular weight excluding hydrogens is 278 g/mol. The number of piperidine rings is 1. The Labute approximate surface area is 113 Å². The van der Waals surface area contributed by atoms with Gasteiger partial charge in [0.2, 0.25) is 11.8 Å². The second-order valence-corrected chi connectivity index (χ2v) is 4.92. The number of halogens is 4. The van der Waals surface area contributed by atoms with Gasteiger partial charge in [-0.25, -0.2) is 8.78 Å². The van der Waals surface area contributed by atoms with Gasteiger partial charge >= 0.3 is 12.3 Å². The minimum Gasteiger partial charge on any atom is -0.339 e. The first-order chi connectivity index (χ1) is 9.45. The van der Waals surface area contributed by atoms with Crippen LogP contribution in [0.4, 0.5) is 23.5 Å². The summed E-state index contributed by atoms with van der Waals surface area (Å²) in [6, 6.07) is 0. The van der Waals surface area contributed by atoms with E-state index in [9.17, 15) is 17.6 Å². The lowest BCUT2D eigenvalue weighted by molar-refractivity contribution is -0.140. The number of rotatable bonds is 5. The first-order valence-corrected chi connectivity index (χ1v) is 6.43. The van der Waals surface area contributed by atoms with Gasteiger partial charge in [-0.2, -0.15) is 13.8 Å². The van der Waals surface area contributed by atoms with Crippen molar-refractivity contribution >= 4 is 5.95 Å². The molecule has 1 fully saturated rings. The number of H-pyrrole nitrogens is 1. The highest BCUT2D eigenvalue weighted by molar-refractivity contribution is 5.30. The van der Waals surface area contributed by atoms with Gasteiger partial charge in [0, 0.05) is 13.1 Å². The van der Waals surface area contributed by atoms with Crippen molar-refractivity contribution in [2.45, 2.75) is 25.2 Å². The number of alkyl halides is 4. The third-order valence-electron chi connectivity index (χ3n) is 3.36. The first-order valence-electron chi connectivity index (χ1n) is 6.43. The van der Waals surface area contributed by atoms with E-state index in [1.807, 2.05) is 12.1 Å². The summed E-state index contributed by atoms with van der Waals surface area (Å²) in [7, 11) is 1.84. The summed E-state index contributed by atoms with van der Waals surface area (Å²) in [5.41, 5.74) is 0. The average Bonchev–Trinajstić information content (AvgIpc) is 2.89. The Hall–Kier alpha value is -1.38. The zero-order valence-corrected chi connectivity index (χ0v) is 11.0. The van der Waals surface area contributed by atoms with Crippen molar-refractivity contribution in [3.05, 3.63) is 5.82 Å². The molecule has 5 nitrogen and oxygen atoms in total. The van der Waals surface area contributed by atoms with E-state index >= 15 is 0 Å². The largest absolute Gasteiger partial charge is 0.365 e. The molecule has 1 aromatic heterocycles. The summed E-state index contributed by atoms with van der Waals surface area (Å²) in [4.78, 5) is 5.27. The standard InChI is InChI=1S/C11H17F4N5/c1-16-5-7-3-2-4-20(6-7)10-17-9(18-19-10)11(14,15)8(12)13/h7-8,16H,2-6H2,1H3,(H,17,18,19). The summed E-state index contributed by atoms with van der Waals surface area (Å²) >= 11 is 0. The lowest BCUT2D eigenvalue weighted by atomic mass is 9.98. The molecule has 1 aliphatic heterocycles. The summed E-state index contributed by atoms with van der Waals surface area (Å²) < 4.78 is 50.8. The van der Waals surface area contributed by atoms with Crippen LogP contribution >= 0.6 is 0 Å². The molecule has 1 saturated heterocycles. The van der Waals surface area contributed by atoms with Crippen LogP contribution in [0.1, 0.15) is 18.7 Å². The van der Waals surface area contributed by atoms with Crippen LogP contribution in [-0.4, -0.2) is 48.3 Å². The molecule has 0 amide bonds. The fourth-order valence-corrected chi connectivity index (χ4v) is 2.35. The molecule has 20 heavy (non-hydrogen) atoms. The zero-order chi connectivity index (χ0) is 14.8. The number of hydrogen-bond donors (Lipinski definition) is 2. The van der Waals surface area contributed by atoms with Crippen LogP contribution in [0.25, 0.3) is 0 Å². The molecule has 0 aliphatic carbocycles. The van der Waals surface area contributed by atoms with Gasteiger partial charge in [0.15, 0.2) is 0 Å². The van der Waals surface area contributed by atoms with Crippen molar-refractivity contribution in [1.29, 1.82) is 0 Å². The highest BCUT2D eigenvalue weighted by Gasteiger charge is 2.46. The number of aromatic amines is 1. The third kappa shape index (κ3) is 3.02. The molecule has 0 aromatic carbocycles. The van der Waals surface area contributed by atoms with E-state index in [1.54, 1.807) is 4.90 Å². The quantitative estimate of drug-likeness (QED) is 0.810. The van der Waals surface area contributed by atoms with Gasteiger partial charge in [-0.3, -0.25) is 5.10 Å². The maximum absolute atomic E-state index is 13.1. The second kappa shape index (κ2) is 5.94. The van der Waals surface area contributed by atoms with Crippen LogP contribution in [0, 0.1) is 5.92 Å². The van der Waals surface area contributed by atoms with Gasteiger partial charge in [-0.15, -0.1) is 5.10 Å². The first kappa shape index (κ1) is 15.0. The molecule has 1 aromatic rings. The van der Waals surface area contributed by atoms with Crippen LogP contribution < -0.4 is 10.2 Å². The number of nitrogens with zero attached hydrogens (tertiary/aromatic N) is 3. The highest BCUT2D eigenvalue weighted by atomic mass is 19.3. The molecule has 0 radical (unpaired) electrons. The van der Waals surface area contributed by atoms with Crippen molar-refractivity contribution in [2.75, 3.05) is 31.6 Å². The predicted octanol–water partition coefficient (Wildman–Crippen LogP) is 1.60. The average molecular weight is 295 g/mol. The van der Waals surface area contributed by atoms with E-state index in [0.717, 1.165) is 19.4 Å². The molecule has 2 N–H and O–H groups in total. The summed E-state index contributed by atoms with van der Waals surface area (Å²) in [5.74, 6) is -4.96. The lowest BCUT2D eigenvalue weighted by Crippen LogP contribution is -2.39. The fourth-order valence-electron chi connectivity index (χ4n) is 2.35. The number of aromatic nitrogens is 3. The summed E-state index contributed by atoms with van der Waals surface area (Å²) in [6.45, 7) is 2.07. The Morgan fingerprint density at radius 3 is 2.90 bits per heavy atom. The van der Waals surface area contributed by atoms with Crippen molar-refractivity contribution < 1.29 is 17.6 Å². The van der Waals surface area contributed by atoms with E-state index in [1.165, 1.54) is 0 Å². The van der Waals surface area contributed by atoms with Gasteiger partial charge in [-0.05, 0) is 32.4 Å². The van der Waals surface area contributed by atoms with Crippen molar-refractivity contribution in [3.8, 4) is 0 Å². The van der Waals surface area contributed by atoms with Crippen LogP contribution in [0.2, 0.25) is 0 Å². The molecular formula is C11H17F4N5. The van der Waals surface area contributed by atoms with Crippen molar-refractivity contribution in [3.63, 3.8) is 0 Å². The van der Waals surface area contributed by atoms with Gasteiger partial charge in [0.05, 0.1) is 0 Å². The van der Waals surface area contributed by atoms with Gasteiger partial charge in [0.25, 0.3) is 0 Å². The number of anilines is 1. The Morgan fingerprint density at radius 1 is 1.50 bits per heavy atom. The van der Waals surface area contributed by atoms with Gasteiger partial charge in [-0.1, -0.05) is 0 Å². The topological polar surface area (TPSA) is 56.8 Å². The number of hydrogen-bond acceptors (Lipinski definition) is 4. The third-order valence-corrected chi connectivity index (χ3v) is 3.36. The normalized spacial score (nSPS) is 20.7. The molecule has 0 spiro atoms. The minimum absolute atomic E-state index is 0.0566. The van der Waals surface area contributed by atoms with Crippen LogP contribution in [0.15, 0.2) is 0 Å². The zero-order valence-electron chi connectivity index (χ0n) is 11.0. The predicted molar refractivity (Wildman–Crippen MR) is 65.1 cm³/mol. The molecule has 1 aliphatic rings. The summed E-state index contributed by atoms with van der Waals surface area (Å²) in [6.07, 6.45) is -1.88. The number of nitrogens with one attached hydrogen (secondary N) is 2. The Balaban J connectivity index is 2.08. The monoisotopic (exact) mass is 295 g/mol. The molecule has 0 saturated carbocycles. The molecule has 2 rings (SSSR count). The van der Waals surface area contributed by atoms with Crippen LogP contribution in [-0.2, 0) is 5.92 Å². The Morgan fingerprint density at radius 2 is 2.25 bits per heavy atom. The maximum Gasteiger partial charge on any atom is 0.365 e. The molecule has 2 heterocycles. The van der Waals surface area contributed by atoms with E-state index in [4.69, 9.17) is 0 Å². The van der Waals surface area contributed by atoms with E-state index in [2.05, 4.69) is 15.4 Å². The fraction of sp³-hybridized carbons (Fsp3) is 0.818. The molecule has 1 unspecified atom stereocenters. The molecule has 0 bridgehead atoms. The maximum atomic E-state index is 13.1. The van der Waals surface area contributed by atoms with Gasteiger partial charge in [0.1, 0.15) is 0 Å². The van der Waals surface area contributed by atoms with E-state index in [0.29, 0.717) is 19.0 Å². The minimum atomic E-state index is -4.30. The van der Waals surface area contributed by atoms with Crippen molar-refractivity contribution in [2.24, 2.45) is 5.92 Å². The Kier molecular flexibility index (Phi) is 4.46. The molecule has 9 heteroatoms. The molecule has 1 atom stereocenters. The van der Waals surface area contributed by atoms with Gasteiger partial charge < -0.3 is 10.2 Å². The van der Waals surface area contributed by atoms with E-state index < -0.39 is 18.2 Å². The van der Waals surface area contributed by atoms with Crippen molar-refractivity contribution in [1.82, 2.24) is 20.5 Å². The molecule has 114 valence electrons. The lowest BCUT2D eigenvalue weighted by Gasteiger charge is -2.31. The summed E-state index contributed by atoms with van der Waals surface area (Å²) in [5, 5.41) is 8.62. The smallest absolute Gasteiger partial charge is 0.339 e. The second-order valence-electron chi connectivity index (χ2n) is 4.92. The highest BCUT2D eigenvalue weighted by Crippen LogP contribution is 2.33. The SMILES string of the molecule is CNCC1CCCN(c2n[nH]c(C(F)(F)C(F)F)n2)C1. The Bertz CT molecular complexity index is 434. The van der Waals surface area contributed by atoms with E-state index in [-0.39, 0.29) is 5.95 Å². The van der Waals surface area contributed by atoms with Crippen LogP contribution in [0.5, 0.6) is 0 Å². The van der Waals surface area contributed by atoms with Crippen LogP contribution in [0.3, 0.4) is 0 Å².